The number of fused-ring (bicyclic) bond motifs is 1. The van der Waals surface area contributed by atoms with Crippen molar-refractivity contribution in [3.05, 3.63) is 64.8 Å². The fraction of sp³-hybridized carbons (Fsp3) is 0.516. The van der Waals surface area contributed by atoms with Gasteiger partial charge in [0.25, 0.3) is 5.56 Å². The average Bonchev–Trinajstić information content (AvgIpc) is 3.60. The van der Waals surface area contributed by atoms with Crippen LogP contribution in [0.1, 0.15) is 58.3 Å². The molecule has 2 aromatic carbocycles. The number of rotatable bonds is 11. The molecule has 0 radical (unpaired) electrons. The first kappa shape index (κ1) is 27.6. The molecule has 2 atom stereocenters. The first-order chi connectivity index (χ1) is 18.8. The van der Waals surface area contributed by atoms with E-state index in [2.05, 4.69) is 0 Å². The van der Waals surface area contributed by atoms with E-state index in [1.807, 2.05) is 17.0 Å². The van der Waals surface area contributed by atoms with E-state index in [-0.39, 0.29) is 30.4 Å². The van der Waals surface area contributed by atoms with Gasteiger partial charge in [0.05, 0.1) is 17.5 Å². The quantitative estimate of drug-likeness (QED) is 0.259. The third-order valence-electron chi connectivity index (χ3n) is 7.94. The molecule has 8 heteroatoms. The Kier molecular flexibility index (Phi) is 8.50. The van der Waals surface area contributed by atoms with Gasteiger partial charge in [-0.25, -0.2) is 13.2 Å². The zero-order valence-electron chi connectivity index (χ0n) is 22.5. The third kappa shape index (κ3) is 6.60. The van der Waals surface area contributed by atoms with Crippen molar-refractivity contribution < 1.29 is 22.6 Å². The molecule has 3 heterocycles. The smallest absolute Gasteiger partial charge is 0.262 e. The molecule has 0 N–H and O–H groups in total. The molecule has 0 saturated carbocycles. The zero-order chi connectivity index (χ0) is 27.4. The van der Waals surface area contributed by atoms with Crippen molar-refractivity contribution in [1.82, 2.24) is 4.57 Å². The summed E-state index contributed by atoms with van der Waals surface area (Å²) in [7, 11) is 0. The van der Waals surface area contributed by atoms with Gasteiger partial charge < -0.3 is 14.4 Å². The minimum absolute atomic E-state index is 0.0622. The summed E-state index contributed by atoms with van der Waals surface area (Å²) >= 11 is 0. The monoisotopic (exact) mass is 542 g/mol. The lowest BCUT2D eigenvalue weighted by atomic mass is 9.98. The molecule has 0 bridgehead atoms. The van der Waals surface area contributed by atoms with Crippen LogP contribution >= 0.6 is 0 Å². The summed E-state index contributed by atoms with van der Waals surface area (Å²) in [5, 5.41) is 1.28. The van der Waals surface area contributed by atoms with Gasteiger partial charge in [-0.15, -0.1) is 0 Å². The summed E-state index contributed by atoms with van der Waals surface area (Å²) in [6.07, 6.45) is 6.23. The molecule has 1 aromatic heterocycles. The lowest BCUT2D eigenvalue weighted by Crippen LogP contribution is -2.22. The van der Waals surface area contributed by atoms with E-state index in [0.717, 1.165) is 37.7 Å². The van der Waals surface area contributed by atoms with Gasteiger partial charge in [-0.05, 0) is 79.8 Å². The van der Waals surface area contributed by atoms with E-state index < -0.39 is 11.7 Å². The maximum absolute atomic E-state index is 15.2. The van der Waals surface area contributed by atoms with E-state index in [4.69, 9.17) is 9.47 Å². The normalized spacial score (nSPS) is 19.7. The van der Waals surface area contributed by atoms with Crippen LogP contribution < -0.4 is 15.2 Å². The van der Waals surface area contributed by atoms with Crippen LogP contribution in [0.25, 0.3) is 16.5 Å². The van der Waals surface area contributed by atoms with Crippen LogP contribution in [0.15, 0.2) is 53.5 Å². The maximum atomic E-state index is 15.2. The Bertz CT molecular complexity index is 1340. The Balaban J connectivity index is 1.23. The summed E-state index contributed by atoms with van der Waals surface area (Å²) in [5.74, 6) is -2.02. The van der Waals surface area contributed by atoms with Crippen molar-refractivity contribution in [2.45, 2.75) is 70.3 Å². The fourth-order valence-electron chi connectivity index (χ4n) is 5.81. The summed E-state index contributed by atoms with van der Waals surface area (Å²) < 4.78 is 55.7. The highest BCUT2D eigenvalue weighted by Gasteiger charge is 2.29. The zero-order valence-corrected chi connectivity index (χ0v) is 22.5. The van der Waals surface area contributed by atoms with Gasteiger partial charge in [0.15, 0.2) is 0 Å². The van der Waals surface area contributed by atoms with Gasteiger partial charge in [-0.2, -0.15) is 0 Å². The Hall–Kier alpha value is -3.00. The predicted octanol–water partition coefficient (Wildman–Crippen LogP) is 7.12. The molecule has 0 amide bonds. The van der Waals surface area contributed by atoms with E-state index in [0.29, 0.717) is 55.0 Å². The van der Waals surface area contributed by atoms with Crippen LogP contribution in [0.5, 0.6) is 5.75 Å². The summed E-state index contributed by atoms with van der Waals surface area (Å²) in [4.78, 5) is 15.2. The lowest BCUT2D eigenvalue weighted by Gasteiger charge is -2.21. The molecular formula is C31H37F3N2O3. The average molecular weight is 543 g/mol. The SMILES string of the molecule is CCCC(F)(F)CCCC1CCN(c2ccc(-n3ccc4cc(OC[C@H]5CCCO5)ccc4c3=O)cc2F)C1. The number of halogens is 3. The van der Waals surface area contributed by atoms with Gasteiger partial charge in [0, 0.05) is 50.2 Å². The van der Waals surface area contributed by atoms with E-state index in [9.17, 15) is 13.6 Å². The molecule has 5 nitrogen and oxygen atoms in total. The Labute approximate surface area is 227 Å². The largest absolute Gasteiger partial charge is 0.491 e. The van der Waals surface area contributed by atoms with Crippen LogP contribution in [0.2, 0.25) is 0 Å². The van der Waals surface area contributed by atoms with Crippen LogP contribution in [-0.2, 0) is 4.74 Å². The molecule has 2 saturated heterocycles. The fourth-order valence-corrected chi connectivity index (χ4v) is 5.81. The van der Waals surface area contributed by atoms with E-state index in [1.54, 1.807) is 37.4 Å². The highest BCUT2D eigenvalue weighted by molar-refractivity contribution is 5.83. The van der Waals surface area contributed by atoms with Gasteiger partial charge >= 0.3 is 0 Å². The number of hydrogen-bond donors (Lipinski definition) is 0. The van der Waals surface area contributed by atoms with Gasteiger partial charge in [0.2, 0.25) is 5.92 Å². The molecule has 1 unspecified atom stereocenters. The second kappa shape index (κ2) is 12.0. The molecular weight excluding hydrogens is 505 g/mol. The second-order valence-electron chi connectivity index (χ2n) is 10.9. The second-order valence-corrected chi connectivity index (χ2v) is 10.9. The molecule has 2 aliphatic rings. The number of anilines is 1. The number of aromatic nitrogens is 1. The molecule has 0 spiro atoms. The predicted molar refractivity (Wildman–Crippen MR) is 148 cm³/mol. The van der Waals surface area contributed by atoms with Crippen molar-refractivity contribution in [3.8, 4) is 11.4 Å². The number of hydrogen-bond acceptors (Lipinski definition) is 4. The molecule has 3 aromatic rings. The first-order valence-electron chi connectivity index (χ1n) is 14.2. The first-order valence-corrected chi connectivity index (χ1v) is 14.2. The molecule has 39 heavy (non-hydrogen) atoms. The van der Waals surface area contributed by atoms with Gasteiger partial charge in [0.1, 0.15) is 18.2 Å². The molecule has 2 aliphatic heterocycles. The molecule has 0 aliphatic carbocycles. The third-order valence-corrected chi connectivity index (χ3v) is 7.94. The maximum Gasteiger partial charge on any atom is 0.262 e. The minimum atomic E-state index is -2.59. The van der Waals surface area contributed by atoms with Crippen LogP contribution in [0, 0.1) is 11.7 Å². The summed E-state index contributed by atoms with van der Waals surface area (Å²) in [6.45, 7) is 4.38. The van der Waals surface area contributed by atoms with Crippen molar-refractivity contribution in [1.29, 1.82) is 0 Å². The van der Waals surface area contributed by atoms with Crippen LogP contribution in [0.3, 0.4) is 0 Å². The highest BCUT2D eigenvalue weighted by Crippen LogP contribution is 2.32. The molecule has 5 rings (SSSR count). The number of alkyl halides is 2. The lowest BCUT2D eigenvalue weighted by molar-refractivity contribution is -0.0196. The van der Waals surface area contributed by atoms with Gasteiger partial charge in [-0.3, -0.25) is 9.36 Å². The summed E-state index contributed by atoms with van der Waals surface area (Å²) in [6, 6.07) is 12.0. The Morgan fingerprint density at radius 2 is 1.97 bits per heavy atom. The van der Waals surface area contributed by atoms with Crippen LogP contribution in [0.4, 0.5) is 18.9 Å². The van der Waals surface area contributed by atoms with E-state index >= 15 is 4.39 Å². The molecule has 2 fully saturated rings. The molecule has 210 valence electrons. The van der Waals surface area contributed by atoms with Crippen molar-refractivity contribution in [2.75, 3.05) is 31.2 Å². The number of ether oxygens (including phenoxy) is 2. The van der Waals surface area contributed by atoms with Gasteiger partial charge in [-0.1, -0.05) is 13.3 Å². The Morgan fingerprint density at radius 1 is 1.10 bits per heavy atom. The Morgan fingerprint density at radius 3 is 2.74 bits per heavy atom. The topological polar surface area (TPSA) is 43.7 Å². The van der Waals surface area contributed by atoms with E-state index in [1.165, 1.54) is 10.6 Å². The summed E-state index contributed by atoms with van der Waals surface area (Å²) in [5.41, 5.74) is 0.710. The number of nitrogens with zero attached hydrogens (tertiary/aromatic N) is 2. The minimum Gasteiger partial charge on any atom is -0.491 e. The van der Waals surface area contributed by atoms with Crippen molar-refractivity contribution >= 4 is 16.5 Å². The van der Waals surface area contributed by atoms with Crippen molar-refractivity contribution in [3.63, 3.8) is 0 Å². The number of pyridine rings is 1. The van der Waals surface area contributed by atoms with Crippen LogP contribution in [-0.4, -0.2) is 42.9 Å². The standard InChI is InChI=1S/C31H37F3N2O3/c1-2-13-31(33,34)14-3-5-22-11-15-35(20-22)29-10-7-24(19-28(29)32)36-16-12-23-18-25(8-9-27(23)30(36)37)39-21-26-6-4-17-38-26/h7-10,12,16,18-19,22,26H,2-6,11,13-15,17,20-21H2,1H3/t22?,26-/m1/s1. The highest BCUT2D eigenvalue weighted by atomic mass is 19.3. The van der Waals surface area contributed by atoms with Crippen molar-refractivity contribution in [2.24, 2.45) is 5.92 Å². The number of benzene rings is 2.